The summed E-state index contributed by atoms with van der Waals surface area (Å²) in [5, 5.41) is 20.4. The first-order valence-electron chi connectivity index (χ1n) is 17.9. The number of nitrogens with zero attached hydrogens (tertiary/aromatic N) is 4. The van der Waals surface area contributed by atoms with Crippen molar-refractivity contribution in [3.63, 3.8) is 0 Å². The lowest BCUT2D eigenvalue weighted by atomic mass is 9.97. The van der Waals surface area contributed by atoms with Gasteiger partial charge >= 0.3 is 0 Å². The number of benzene rings is 7. The van der Waals surface area contributed by atoms with E-state index in [2.05, 4.69) is 143 Å². The molecule has 4 nitrogen and oxygen atoms in total. The maximum Gasteiger partial charge on any atom is 0.0998 e. The molecule has 0 radical (unpaired) electrons. The zero-order valence-electron chi connectivity index (χ0n) is 28.6. The van der Waals surface area contributed by atoms with Crippen molar-refractivity contribution in [3.8, 4) is 28.6 Å². The van der Waals surface area contributed by atoms with Crippen LogP contribution in [-0.4, -0.2) is 14.1 Å². The third-order valence-corrected chi connectivity index (χ3v) is 13.5. The molecule has 5 heterocycles. The Labute approximate surface area is 316 Å². The largest absolute Gasteiger partial charge is 0.306 e. The Morgan fingerprint density at radius 2 is 0.889 bits per heavy atom. The highest BCUT2D eigenvalue weighted by Crippen LogP contribution is 2.48. The molecule has 0 N–H and O–H groups in total. The fourth-order valence-electron chi connectivity index (χ4n) is 8.81. The van der Waals surface area contributed by atoms with Gasteiger partial charge in [-0.1, -0.05) is 115 Å². The van der Waals surface area contributed by atoms with Gasteiger partial charge in [-0.15, -0.1) is 22.7 Å². The Hall–Kier alpha value is -6.78. The monoisotopic (exact) mass is 722 g/mol. The predicted molar refractivity (Wildman–Crippen MR) is 229 cm³/mol. The first-order chi connectivity index (χ1) is 26.8. The molecule has 12 aromatic rings. The summed E-state index contributed by atoms with van der Waals surface area (Å²) in [5.74, 6) is 0. The quantitative estimate of drug-likeness (QED) is 0.182. The Kier molecular flexibility index (Phi) is 6.12. The molecule has 0 amide bonds. The highest BCUT2D eigenvalue weighted by atomic mass is 32.1. The number of fused-ring (bicyclic) bond motifs is 14. The molecule has 0 saturated carbocycles. The van der Waals surface area contributed by atoms with Gasteiger partial charge in [0.2, 0.25) is 0 Å². The minimum Gasteiger partial charge on any atom is -0.306 e. The number of pyridine rings is 1. The van der Waals surface area contributed by atoms with Crippen molar-refractivity contribution < 1.29 is 0 Å². The molecule has 0 bridgehead atoms. The second-order valence-corrected chi connectivity index (χ2v) is 15.9. The molecule has 5 aromatic heterocycles. The van der Waals surface area contributed by atoms with Crippen LogP contribution in [0.2, 0.25) is 0 Å². The molecule has 54 heavy (non-hydrogen) atoms. The fraction of sp³-hybridized carbons (Fsp3) is 0. The molecule has 0 aliphatic rings. The molecule has 7 aromatic carbocycles. The summed E-state index contributed by atoms with van der Waals surface area (Å²) in [5.41, 5.74) is 8.81. The van der Waals surface area contributed by atoms with Gasteiger partial charge in [-0.25, -0.2) is 0 Å². The van der Waals surface area contributed by atoms with Crippen LogP contribution >= 0.6 is 22.7 Å². The second-order valence-electron chi connectivity index (χ2n) is 13.8. The zero-order valence-corrected chi connectivity index (χ0v) is 30.2. The maximum absolute atomic E-state index is 10.7. The van der Waals surface area contributed by atoms with Crippen LogP contribution < -0.4 is 0 Å². The summed E-state index contributed by atoms with van der Waals surface area (Å²) in [6, 6.07) is 54.4. The normalized spacial score (nSPS) is 12.1. The SMILES string of the molecule is N#Cc1ccccc1-c1c(-n2c3ccccc3c3ccc4c5ccccc5sc4c32)cncc1-n1c2ccccc2c2ccc3c4ccccc4sc3c21. The van der Waals surface area contributed by atoms with Gasteiger partial charge in [0.25, 0.3) is 0 Å². The van der Waals surface area contributed by atoms with Crippen molar-refractivity contribution in [1.29, 1.82) is 5.26 Å². The molecule has 0 aliphatic heterocycles. The molecule has 0 aliphatic carbocycles. The summed E-state index contributed by atoms with van der Waals surface area (Å²) in [7, 11) is 0. The lowest BCUT2D eigenvalue weighted by Gasteiger charge is -2.20. The van der Waals surface area contributed by atoms with Crippen LogP contribution in [-0.2, 0) is 0 Å². The molecule has 0 saturated heterocycles. The minimum absolute atomic E-state index is 0.617. The lowest BCUT2D eigenvalue weighted by Crippen LogP contribution is -2.05. The van der Waals surface area contributed by atoms with E-state index in [0.29, 0.717) is 5.56 Å². The van der Waals surface area contributed by atoms with Gasteiger partial charge in [-0.3, -0.25) is 4.98 Å². The number of hydrogen-bond acceptors (Lipinski definition) is 4. The van der Waals surface area contributed by atoms with E-state index in [9.17, 15) is 5.26 Å². The third-order valence-electron chi connectivity index (χ3n) is 11.1. The molecule has 0 fully saturated rings. The highest BCUT2D eigenvalue weighted by Gasteiger charge is 2.26. The van der Waals surface area contributed by atoms with Crippen LogP contribution in [0.25, 0.3) is 106 Å². The summed E-state index contributed by atoms with van der Waals surface area (Å²) < 4.78 is 9.81. The molecule has 250 valence electrons. The van der Waals surface area contributed by atoms with Gasteiger partial charge in [0.1, 0.15) is 0 Å². The number of para-hydroxylation sites is 2. The van der Waals surface area contributed by atoms with Crippen LogP contribution in [0.3, 0.4) is 0 Å². The maximum atomic E-state index is 10.7. The van der Waals surface area contributed by atoms with E-state index in [1.165, 1.54) is 61.9 Å². The van der Waals surface area contributed by atoms with Gasteiger partial charge in [-0.2, -0.15) is 5.26 Å². The van der Waals surface area contributed by atoms with E-state index in [1.807, 2.05) is 53.3 Å². The van der Waals surface area contributed by atoms with Gasteiger partial charge in [0, 0.05) is 63.6 Å². The van der Waals surface area contributed by atoms with Gasteiger partial charge in [0.05, 0.1) is 66.9 Å². The van der Waals surface area contributed by atoms with Gasteiger partial charge in [0.15, 0.2) is 0 Å². The minimum atomic E-state index is 0.617. The van der Waals surface area contributed by atoms with Crippen molar-refractivity contribution in [3.05, 3.63) is 164 Å². The first kappa shape index (κ1) is 29.8. The molecular weight excluding hydrogens is 697 g/mol. The number of aromatic nitrogens is 3. The van der Waals surface area contributed by atoms with Crippen LogP contribution in [0, 0.1) is 11.3 Å². The van der Waals surface area contributed by atoms with E-state index < -0.39 is 0 Å². The van der Waals surface area contributed by atoms with Crippen LogP contribution in [0.4, 0.5) is 0 Å². The number of hydrogen-bond donors (Lipinski definition) is 0. The summed E-state index contributed by atoms with van der Waals surface area (Å²) in [4.78, 5) is 5.09. The van der Waals surface area contributed by atoms with Crippen molar-refractivity contribution in [2.45, 2.75) is 0 Å². The number of thiophene rings is 2. The Morgan fingerprint density at radius 1 is 0.444 bits per heavy atom. The molecular formula is C48H26N4S2. The second kappa shape index (κ2) is 11.1. The molecule has 12 rings (SSSR count). The Balaban J connectivity index is 1.30. The first-order valence-corrected chi connectivity index (χ1v) is 19.6. The van der Waals surface area contributed by atoms with E-state index in [1.54, 1.807) is 0 Å². The van der Waals surface area contributed by atoms with Gasteiger partial charge < -0.3 is 9.13 Å². The van der Waals surface area contributed by atoms with Crippen LogP contribution in [0.1, 0.15) is 5.56 Å². The molecule has 0 spiro atoms. The summed E-state index contributed by atoms with van der Waals surface area (Å²) in [6.07, 6.45) is 3.99. The van der Waals surface area contributed by atoms with Crippen LogP contribution in [0.15, 0.2) is 158 Å². The zero-order chi connectivity index (χ0) is 35.5. The van der Waals surface area contributed by atoms with Crippen LogP contribution in [0.5, 0.6) is 0 Å². The fourth-order valence-corrected chi connectivity index (χ4v) is 11.3. The number of rotatable bonds is 3. The van der Waals surface area contributed by atoms with Crippen molar-refractivity contribution in [2.75, 3.05) is 0 Å². The van der Waals surface area contributed by atoms with Gasteiger partial charge in [-0.05, 0) is 30.3 Å². The average Bonchev–Trinajstić information content (AvgIpc) is 3.98. The van der Waals surface area contributed by atoms with E-state index >= 15 is 0 Å². The summed E-state index contributed by atoms with van der Waals surface area (Å²) in [6.45, 7) is 0. The Morgan fingerprint density at radius 3 is 1.43 bits per heavy atom. The Bertz CT molecular complexity index is 3380. The third kappa shape index (κ3) is 3.92. The predicted octanol–water partition coefficient (Wildman–Crippen LogP) is 13.6. The summed E-state index contributed by atoms with van der Waals surface area (Å²) >= 11 is 3.67. The lowest BCUT2D eigenvalue weighted by molar-refractivity contribution is 1.10. The van der Waals surface area contributed by atoms with Crippen molar-refractivity contribution in [1.82, 2.24) is 14.1 Å². The smallest absolute Gasteiger partial charge is 0.0998 e. The average molecular weight is 723 g/mol. The number of nitriles is 1. The highest BCUT2D eigenvalue weighted by molar-refractivity contribution is 7.27. The van der Waals surface area contributed by atoms with Crippen molar-refractivity contribution in [2.24, 2.45) is 0 Å². The molecule has 0 atom stereocenters. The van der Waals surface area contributed by atoms with Crippen molar-refractivity contribution >= 4 is 107 Å². The topological polar surface area (TPSA) is 46.5 Å². The molecule has 6 heteroatoms. The van der Waals surface area contributed by atoms with E-state index in [-0.39, 0.29) is 0 Å². The van der Waals surface area contributed by atoms with E-state index in [4.69, 9.17) is 4.98 Å². The van der Waals surface area contributed by atoms with E-state index in [0.717, 1.165) is 44.6 Å². The standard InChI is InChI=1S/C48H26N4S2/c49-25-28-11-1-2-12-29(28)44-40(51-38-17-7-3-13-30(38)34-21-23-36-32-15-5-9-19-42(32)53-47(36)45(34)51)26-50-27-41(44)52-39-18-8-4-14-31(39)35-22-24-37-33-16-6-10-20-43(33)54-48(37)46(35)52/h1-24,26-27H. The molecule has 0 unspecified atom stereocenters.